The first-order valence-electron chi connectivity index (χ1n) is 9.81. The van der Waals surface area contributed by atoms with Gasteiger partial charge in [0.2, 0.25) is 4.96 Å². The summed E-state index contributed by atoms with van der Waals surface area (Å²) >= 11 is 1.41. The molecule has 0 fully saturated rings. The highest BCUT2D eigenvalue weighted by Crippen LogP contribution is 2.21. The SMILES string of the molecule is CCc1ccccc1NC(=O)C(=O)NCCc1csc2nc(-c3cccc(F)c3)nn12. The van der Waals surface area contributed by atoms with E-state index in [1.165, 1.54) is 23.5 Å². The number of nitrogens with zero attached hydrogens (tertiary/aromatic N) is 3. The topological polar surface area (TPSA) is 88.4 Å². The number of carbonyl (C=O) groups is 2. The minimum Gasteiger partial charge on any atom is -0.347 e. The Morgan fingerprint density at radius 3 is 2.77 bits per heavy atom. The third-order valence-electron chi connectivity index (χ3n) is 4.75. The third kappa shape index (κ3) is 4.61. The van der Waals surface area contributed by atoms with Crippen molar-refractivity contribution in [2.75, 3.05) is 11.9 Å². The molecular weight excluding hydrogens is 417 g/mol. The number of nitrogens with one attached hydrogen (secondary N) is 2. The van der Waals surface area contributed by atoms with E-state index in [1.54, 1.807) is 22.7 Å². The molecule has 0 bridgehead atoms. The number of halogens is 1. The second-order valence-electron chi connectivity index (χ2n) is 6.84. The maximum Gasteiger partial charge on any atom is 0.313 e. The van der Waals surface area contributed by atoms with Gasteiger partial charge >= 0.3 is 11.8 Å². The highest BCUT2D eigenvalue weighted by Gasteiger charge is 2.16. The Morgan fingerprint density at radius 2 is 1.97 bits per heavy atom. The zero-order chi connectivity index (χ0) is 21.8. The number of rotatable bonds is 6. The molecule has 2 amide bonds. The van der Waals surface area contributed by atoms with Gasteiger partial charge < -0.3 is 10.6 Å². The van der Waals surface area contributed by atoms with Gasteiger partial charge in [-0.15, -0.1) is 16.4 Å². The van der Waals surface area contributed by atoms with E-state index in [1.807, 2.05) is 30.5 Å². The lowest BCUT2D eigenvalue weighted by atomic mass is 10.1. The zero-order valence-electron chi connectivity index (χ0n) is 16.8. The van der Waals surface area contributed by atoms with E-state index in [0.717, 1.165) is 17.7 Å². The fourth-order valence-electron chi connectivity index (χ4n) is 3.16. The van der Waals surface area contributed by atoms with Crippen LogP contribution in [-0.2, 0) is 22.4 Å². The van der Waals surface area contributed by atoms with Gasteiger partial charge in [-0.2, -0.15) is 4.98 Å². The molecule has 2 aromatic heterocycles. The lowest BCUT2D eigenvalue weighted by Crippen LogP contribution is -2.36. The third-order valence-corrected chi connectivity index (χ3v) is 5.62. The van der Waals surface area contributed by atoms with Gasteiger partial charge in [0.1, 0.15) is 5.82 Å². The average Bonchev–Trinajstić information content (AvgIpc) is 3.36. The predicted octanol–water partition coefficient (Wildman–Crippen LogP) is 3.46. The van der Waals surface area contributed by atoms with Crippen LogP contribution < -0.4 is 10.6 Å². The molecule has 2 heterocycles. The molecule has 0 atom stereocenters. The Labute approximate surface area is 181 Å². The normalized spacial score (nSPS) is 10.9. The largest absolute Gasteiger partial charge is 0.347 e. The Morgan fingerprint density at radius 1 is 1.13 bits per heavy atom. The first-order valence-corrected chi connectivity index (χ1v) is 10.7. The van der Waals surface area contributed by atoms with Crippen molar-refractivity contribution in [2.24, 2.45) is 0 Å². The number of hydrogen-bond donors (Lipinski definition) is 2. The van der Waals surface area contributed by atoms with E-state index in [-0.39, 0.29) is 12.4 Å². The summed E-state index contributed by atoms with van der Waals surface area (Å²) in [4.78, 5) is 29.5. The molecule has 7 nitrogen and oxygen atoms in total. The number of para-hydroxylation sites is 1. The van der Waals surface area contributed by atoms with Crippen LogP contribution in [0.3, 0.4) is 0 Å². The van der Waals surface area contributed by atoms with E-state index >= 15 is 0 Å². The van der Waals surface area contributed by atoms with Crippen molar-refractivity contribution in [3.63, 3.8) is 0 Å². The Kier molecular flexibility index (Phi) is 6.03. The fraction of sp³-hybridized carbons (Fsp3) is 0.182. The van der Waals surface area contributed by atoms with Crippen molar-refractivity contribution in [1.29, 1.82) is 0 Å². The molecule has 0 saturated carbocycles. The lowest BCUT2D eigenvalue weighted by molar-refractivity contribution is -0.136. The molecule has 0 saturated heterocycles. The van der Waals surface area contributed by atoms with Gasteiger partial charge in [-0.05, 0) is 30.2 Å². The summed E-state index contributed by atoms with van der Waals surface area (Å²) in [6.45, 7) is 2.25. The molecule has 0 unspecified atom stereocenters. The minimum absolute atomic E-state index is 0.267. The molecule has 0 radical (unpaired) electrons. The standard InChI is InChI=1S/C22H20FN5O2S/c1-2-14-6-3-4-9-18(14)25-21(30)20(29)24-11-10-17-13-31-22-26-19(27-28(17)22)15-7-5-8-16(23)12-15/h3-9,12-13H,2,10-11H2,1H3,(H,24,29)(H,25,30). The van der Waals surface area contributed by atoms with Crippen molar-refractivity contribution in [1.82, 2.24) is 19.9 Å². The minimum atomic E-state index is -0.703. The molecule has 2 N–H and O–H groups in total. The van der Waals surface area contributed by atoms with Gasteiger partial charge in [0, 0.05) is 29.6 Å². The summed E-state index contributed by atoms with van der Waals surface area (Å²) in [6.07, 6.45) is 1.22. The average molecular weight is 438 g/mol. The van der Waals surface area contributed by atoms with Gasteiger partial charge in [-0.1, -0.05) is 37.3 Å². The molecule has 0 aliphatic carbocycles. The number of fused-ring (bicyclic) bond motifs is 1. The van der Waals surface area contributed by atoms with Gasteiger partial charge in [-0.3, -0.25) is 9.59 Å². The number of aromatic nitrogens is 3. The summed E-state index contributed by atoms with van der Waals surface area (Å²) in [6, 6.07) is 13.5. The van der Waals surface area contributed by atoms with Crippen LogP contribution in [0.5, 0.6) is 0 Å². The number of carbonyl (C=O) groups excluding carboxylic acids is 2. The molecule has 0 spiro atoms. The van der Waals surface area contributed by atoms with Crippen molar-refractivity contribution >= 4 is 33.8 Å². The summed E-state index contributed by atoms with van der Waals surface area (Å²) in [5.41, 5.74) is 3.04. The van der Waals surface area contributed by atoms with Gasteiger partial charge in [0.15, 0.2) is 5.82 Å². The van der Waals surface area contributed by atoms with E-state index < -0.39 is 11.8 Å². The van der Waals surface area contributed by atoms with Crippen LogP contribution in [-0.4, -0.2) is 33.0 Å². The van der Waals surface area contributed by atoms with E-state index in [4.69, 9.17) is 0 Å². The maximum absolute atomic E-state index is 13.5. The molecule has 9 heteroatoms. The molecular formula is C22H20FN5O2S. The van der Waals surface area contributed by atoms with Crippen LogP contribution in [0.1, 0.15) is 18.2 Å². The Hall–Kier alpha value is -3.59. The fourth-order valence-corrected chi connectivity index (χ4v) is 4.02. The van der Waals surface area contributed by atoms with Crippen molar-refractivity contribution < 1.29 is 14.0 Å². The van der Waals surface area contributed by atoms with Crippen LogP contribution in [0.25, 0.3) is 16.3 Å². The number of hydrogen-bond acceptors (Lipinski definition) is 5. The van der Waals surface area contributed by atoms with Crippen LogP contribution in [0.4, 0.5) is 10.1 Å². The predicted molar refractivity (Wildman–Crippen MR) is 117 cm³/mol. The number of thiazole rings is 1. The summed E-state index contributed by atoms with van der Waals surface area (Å²) in [7, 11) is 0. The molecule has 31 heavy (non-hydrogen) atoms. The second kappa shape index (κ2) is 9.05. The monoisotopic (exact) mass is 437 g/mol. The second-order valence-corrected chi connectivity index (χ2v) is 7.67. The van der Waals surface area contributed by atoms with Crippen molar-refractivity contribution in [3.8, 4) is 11.4 Å². The number of amides is 2. The van der Waals surface area contributed by atoms with Gasteiger partial charge in [-0.25, -0.2) is 8.91 Å². The zero-order valence-corrected chi connectivity index (χ0v) is 17.6. The first-order chi connectivity index (χ1) is 15.0. The molecule has 2 aromatic carbocycles. The molecule has 0 aliphatic rings. The summed E-state index contributed by atoms with van der Waals surface area (Å²) < 4.78 is 15.1. The van der Waals surface area contributed by atoms with E-state index in [9.17, 15) is 14.0 Å². The molecule has 4 rings (SSSR count). The Bertz CT molecular complexity index is 1250. The molecule has 158 valence electrons. The first kappa shape index (κ1) is 20.7. The van der Waals surface area contributed by atoms with Crippen LogP contribution >= 0.6 is 11.3 Å². The van der Waals surface area contributed by atoms with Crippen LogP contribution in [0, 0.1) is 5.82 Å². The smallest absolute Gasteiger partial charge is 0.313 e. The lowest BCUT2D eigenvalue weighted by Gasteiger charge is -2.09. The van der Waals surface area contributed by atoms with Crippen LogP contribution in [0.2, 0.25) is 0 Å². The van der Waals surface area contributed by atoms with Crippen molar-refractivity contribution in [3.05, 3.63) is 71.0 Å². The molecule has 4 aromatic rings. The van der Waals surface area contributed by atoms with Gasteiger partial charge in [0.05, 0.1) is 5.69 Å². The highest BCUT2D eigenvalue weighted by molar-refractivity contribution is 7.15. The van der Waals surface area contributed by atoms with Crippen molar-refractivity contribution in [2.45, 2.75) is 19.8 Å². The number of benzene rings is 2. The van der Waals surface area contributed by atoms with E-state index in [0.29, 0.717) is 28.5 Å². The van der Waals surface area contributed by atoms with Crippen LogP contribution in [0.15, 0.2) is 53.9 Å². The number of anilines is 1. The quantitative estimate of drug-likeness (QED) is 0.452. The molecule has 0 aliphatic heterocycles. The maximum atomic E-state index is 13.5. The summed E-state index contributed by atoms with van der Waals surface area (Å²) in [5.74, 6) is -1.31. The summed E-state index contributed by atoms with van der Waals surface area (Å²) in [5, 5.41) is 11.6. The highest BCUT2D eigenvalue weighted by atomic mass is 32.1. The number of aryl methyl sites for hydroxylation is 1. The van der Waals surface area contributed by atoms with E-state index in [2.05, 4.69) is 20.7 Å². The Balaban J connectivity index is 1.37. The van der Waals surface area contributed by atoms with Gasteiger partial charge in [0.25, 0.3) is 0 Å².